The first-order valence-electron chi connectivity index (χ1n) is 7.87. The molecule has 1 fully saturated rings. The van der Waals surface area contributed by atoms with Crippen molar-refractivity contribution < 1.29 is 14.2 Å². The van der Waals surface area contributed by atoms with E-state index in [4.69, 9.17) is 14.2 Å². The van der Waals surface area contributed by atoms with Gasteiger partial charge in [-0.25, -0.2) is 0 Å². The van der Waals surface area contributed by atoms with Crippen molar-refractivity contribution in [3.05, 3.63) is 23.3 Å². The minimum absolute atomic E-state index is 0.427. The molecule has 1 atom stereocenters. The molecule has 21 heavy (non-hydrogen) atoms. The summed E-state index contributed by atoms with van der Waals surface area (Å²) >= 11 is 0. The van der Waals surface area contributed by atoms with Crippen LogP contribution in [0.5, 0.6) is 11.5 Å². The molecule has 0 aliphatic carbocycles. The summed E-state index contributed by atoms with van der Waals surface area (Å²) < 4.78 is 16.4. The van der Waals surface area contributed by atoms with Crippen molar-refractivity contribution in [1.82, 2.24) is 5.32 Å². The van der Waals surface area contributed by atoms with Crippen molar-refractivity contribution in [3.63, 3.8) is 0 Å². The van der Waals surface area contributed by atoms with Crippen LogP contribution in [0.3, 0.4) is 0 Å². The van der Waals surface area contributed by atoms with Gasteiger partial charge < -0.3 is 19.5 Å². The predicted octanol–water partition coefficient (Wildman–Crippen LogP) is 2.71. The number of ether oxygens (including phenoxy) is 3. The van der Waals surface area contributed by atoms with Crippen LogP contribution in [-0.4, -0.2) is 34.0 Å². The molecule has 116 valence electrons. The molecule has 2 aliphatic rings. The Morgan fingerprint density at radius 1 is 1.14 bits per heavy atom. The molecule has 1 saturated heterocycles. The van der Waals surface area contributed by atoms with Crippen LogP contribution in [0.4, 0.5) is 0 Å². The van der Waals surface area contributed by atoms with Crippen LogP contribution in [0.25, 0.3) is 0 Å². The average molecular weight is 291 g/mol. The van der Waals surface area contributed by atoms with Crippen LogP contribution < -0.4 is 14.8 Å². The summed E-state index contributed by atoms with van der Waals surface area (Å²) in [6, 6.07) is 4.73. The molecule has 1 N–H and O–H groups in total. The number of hydrogen-bond acceptors (Lipinski definition) is 4. The molecule has 2 heterocycles. The van der Waals surface area contributed by atoms with Crippen molar-refractivity contribution >= 4 is 0 Å². The highest BCUT2D eigenvalue weighted by molar-refractivity contribution is 5.49. The Balaban J connectivity index is 1.82. The Labute approximate surface area is 126 Å². The summed E-state index contributed by atoms with van der Waals surface area (Å²) in [6.07, 6.45) is 4.60. The number of fused-ring (bicyclic) bond motifs is 1. The van der Waals surface area contributed by atoms with Crippen LogP contribution in [0.2, 0.25) is 0 Å². The summed E-state index contributed by atoms with van der Waals surface area (Å²) in [7, 11) is 3.40. The highest BCUT2D eigenvalue weighted by Gasteiger charge is 2.26. The summed E-state index contributed by atoms with van der Waals surface area (Å²) in [5, 5.41) is 3.67. The van der Waals surface area contributed by atoms with Gasteiger partial charge in [0.1, 0.15) is 0 Å². The fourth-order valence-corrected chi connectivity index (χ4v) is 3.49. The van der Waals surface area contributed by atoms with Crippen LogP contribution in [0.1, 0.15) is 36.4 Å². The smallest absolute Gasteiger partial charge is 0.161 e. The lowest BCUT2D eigenvalue weighted by atomic mass is 9.85. The fraction of sp³-hybridized carbons (Fsp3) is 0.647. The molecular formula is C17H25NO3. The summed E-state index contributed by atoms with van der Waals surface area (Å²) in [5.74, 6) is 2.43. The number of methoxy groups -OCH3 is 2. The third-order valence-corrected chi connectivity index (χ3v) is 4.72. The van der Waals surface area contributed by atoms with E-state index in [0.717, 1.165) is 43.6 Å². The maximum absolute atomic E-state index is 5.47. The topological polar surface area (TPSA) is 39.7 Å². The number of benzene rings is 1. The average Bonchev–Trinajstić information content (AvgIpc) is 2.55. The van der Waals surface area contributed by atoms with Crippen molar-refractivity contribution in [2.45, 2.75) is 31.7 Å². The molecule has 3 rings (SSSR count). The van der Waals surface area contributed by atoms with E-state index in [-0.39, 0.29) is 0 Å². The first-order chi connectivity index (χ1) is 10.3. The molecule has 0 spiro atoms. The minimum atomic E-state index is 0.427. The van der Waals surface area contributed by atoms with Gasteiger partial charge >= 0.3 is 0 Å². The third-order valence-electron chi connectivity index (χ3n) is 4.72. The molecule has 1 aromatic carbocycles. The molecule has 0 saturated carbocycles. The molecular weight excluding hydrogens is 266 g/mol. The summed E-state index contributed by atoms with van der Waals surface area (Å²) in [4.78, 5) is 0. The second-order valence-corrected chi connectivity index (χ2v) is 5.95. The van der Waals surface area contributed by atoms with Gasteiger partial charge in [0.15, 0.2) is 11.5 Å². The second-order valence-electron chi connectivity index (χ2n) is 5.95. The lowest BCUT2D eigenvalue weighted by Gasteiger charge is -2.32. The summed E-state index contributed by atoms with van der Waals surface area (Å²) in [5.41, 5.74) is 2.77. The molecule has 2 aliphatic heterocycles. The first-order valence-corrected chi connectivity index (χ1v) is 7.87. The number of hydrogen-bond donors (Lipinski definition) is 1. The van der Waals surface area contributed by atoms with Gasteiger partial charge in [-0.1, -0.05) is 0 Å². The van der Waals surface area contributed by atoms with Crippen LogP contribution in [0.15, 0.2) is 12.1 Å². The molecule has 0 aromatic heterocycles. The standard InChI is InChI=1S/C17H25NO3/c1-19-16-10-13-3-6-18-15(14(13)11-17(16)20-2)9-12-4-7-21-8-5-12/h10-12,15,18H,3-9H2,1-2H3. The van der Waals surface area contributed by atoms with Crippen molar-refractivity contribution in [1.29, 1.82) is 0 Å². The van der Waals surface area contributed by atoms with Gasteiger partial charge in [0.25, 0.3) is 0 Å². The fourth-order valence-electron chi connectivity index (χ4n) is 3.49. The number of rotatable bonds is 4. The van der Waals surface area contributed by atoms with Crippen LogP contribution >= 0.6 is 0 Å². The van der Waals surface area contributed by atoms with E-state index in [1.165, 1.54) is 30.4 Å². The van der Waals surface area contributed by atoms with Gasteiger partial charge in [0.2, 0.25) is 0 Å². The van der Waals surface area contributed by atoms with E-state index in [9.17, 15) is 0 Å². The van der Waals surface area contributed by atoms with Crippen LogP contribution in [-0.2, 0) is 11.2 Å². The monoisotopic (exact) mass is 291 g/mol. The molecule has 1 aromatic rings. The van der Waals surface area contributed by atoms with Crippen molar-refractivity contribution in [3.8, 4) is 11.5 Å². The Kier molecular flexibility index (Phi) is 4.66. The molecule has 0 radical (unpaired) electrons. The Morgan fingerprint density at radius 3 is 2.57 bits per heavy atom. The highest BCUT2D eigenvalue weighted by atomic mass is 16.5. The zero-order valence-electron chi connectivity index (χ0n) is 13.0. The minimum Gasteiger partial charge on any atom is -0.493 e. The second kappa shape index (κ2) is 6.67. The number of nitrogens with one attached hydrogen (secondary N) is 1. The zero-order valence-corrected chi connectivity index (χ0v) is 13.0. The lowest BCUT2D eigenvalue weighted by molar-refractivity contribution is 0.0602. The maximum Gasteiger partial charge on any atom is 0.161 e. The third kappa shape index (κ3) is 3.16. The van der Waals surface area contributed by atoms with E-state index < -0.39 is 0 Å². The van der Waals surface area contributed by atoms with Crippen molar-refractivity contribution in [2.24, 2.45) is 5.92 Å². The van der Waals surface area contributed by atoms with Gasteiger partial charge in [-0.15, -0.1) is 0 Å². The maximum atomic E-state index is 5.47. The van der Waals surface area contributed by atoms with Gasteiger partial charge in [0.05, 0.1) is 14.2 Å². The van der Waals surface area contributed by atoms with Gasteiger partial charge in [-0.2, -0.15) is 0 Å². The lowest BCUT2D eigenvalue weighted by Crippen LogP contribution is -2.32. The first kappa shape index (κ1) is 14.7. The molecule has 4 heteroatoms. The Hall–Kier alpha value is -1.26. The normalized spacial score (nSPS) is 22.7. The Bertz CT molecular complexity index is 483. The highest BCUT2D eigenvalue weighted by Crippen LogP contribution is 2.38. The molecule has 4 nitrogen and oxygen atoms in total. The Morgan fingerprint density at radius 2 is 1.86 bits per heavy atom. The van der Waals surface area contributed by atoms with E-state index in [2.05, 4.69) is 17.4 Å². The van der Waals surface area contributed by atoms with E-state index in [1.54, 1.807) is 14.2 Å². The molecule has 1 unspecified atom stereocenters. The molecule has 0 amide bonds. The quantitative estimate of drug-likeness (QED) is 0.926. The van der Waals surface area contributed by atoms with Gasteiger partial charge in [0, 0.05) is 19.3 Å². The largest absolute Gasteiger partial charge is 0.493 e. The van der Waals surface area contributed by atoms with Gasteiger partial charge in [-0.05, 0) is 61.4 Å². The SMILES string of the molecule is COc1cc2c(cc1OC)C(CC1CCOCC1)NCC2. The summed E-state index contributed by atoms with van der Waals surface area (Å²) in [6.45, 7) is 2.86. The molecule has 0 bridgehead atoms. The van der Waals surface area contributed by atoms with Crippen molar-refractivity contribution in [2.75, 3.05) is 34.0 Å². The van der Waals surface area contributed by atoms with Gasteiger partial charge in [-0.3, -0.25) is 0 Å². The van der Waals surface area contributed by atoms with E-state index in [0.29, 0.717) is 6.04 Å². The predicted molar refractivity (Wildman–Crippen MR) is 82.2 cm³/mol. The van der Waals surface area contributed by atoms with E-state index >= 15 is 0 Å². The zero-order chi connectivity index (χ0) is 14.7. The van der Waals surface area contributed by atoms with E-state index in [1.807, 2.05) is 0 Å². The van der Waals surface area contributed by atoms with Crippen LogP contribution in [0, 0.1) is 5.92 Å².